The number of hydrogen-bond donors (Lipinski definition) is 4. The highest BCUT2D eigenvalue weighted by molar-refractivity contribution is 7.91. The van der Waals surface area contributed by atoms with E-state index >= 15 is 0 Å². The molecule has 0 bridgehead atoms. The molecule has 6 fully saturated rings. The van der Waals surface area contributed by atoms with Gasteiger partial charge in [0, 0.05) is 42.1 Å². The topological polar surface area (TPSA) is 182 Å². The number of Topliss-reactive ketones (excluding diaryl/α,β-unsaturated/α-hetero) is 1. The molecule has 11 nitrogen and oxygen atoms in total. The van der Waals surface area contributed by atoms with Crippen LogP contribution in [-0.2, 0) is 24.2 Å². The molecule has 5 N–H and O–H groups in total. The number of nitrogens with one attached hydrogen (secondary N) is 1. The van der Waals surface area contributed by atoms with E-state index < -0.39 is 9.84 Å². The quantitative estimate of drug-likeness (QED) is 0.113. The van der Waals surface area contributed by atoms with Gasteiger partial charge in [-0.2, -0.15) is 0 Å². The third kappa shape index (κ3) is 9.56. The molecule has 12 heteroatoms. The molecular weight excluding hydrogens is 925 g/mol. The smallest absolute Gasteiger partial charge is 0.302 e. The van der Waals surface area contributed by atoms with Crippen molar-refractivity contribution in [1.29, 1.82) is 0 Å². The largest absolute Gasteiger partial charge is 0.494 e. The molecule has 2 unspecified atom stereocenters. The van der Waals surface area contributed by atoms with Crippen LogP contribution in [0.2, 0.25) is 0 Å². The number of ketones is 1. The Hall–Kier alpha value is -4.26. The number of anilines is 2. The molecule has 0 radical (unpaired) electrons. The van der Waals surface area contributed by atoms with E-state index in [1.165, 1.54) is 49.6 Å². The Kier molecular flexibility index (Phi) is 14.9. The Labute approximate surface area is 429 Å². The van der Waals surface area contributed by atoms with E-state index in [4.69, 9.17) is 15.2 Å². The third-order valence-electron chi connectivity index (χ3n) is 20.7. The van der Waals surface area contributed by atoms with Crippen LogP contribution in [0.3, 0.4) is 0 Å². The second-order valence-electron chi connectivity index (χ2n) is 24.2. The minimum atomic E-state index is -3.67. The molecule has 0 aliphatic heterocycles. The van der Waals surface area contributed by atoms with Crippen LogP contribution in [0, 0.1) is 70.5 Å². The zero-order chi connectivity index (χ0) is 51.5. The number of ether oxygens (including phenoxy) is 2. The Bertz CT molecular complexity index is 2600. The summed E-state index contributed by atoms with van der Waals surface area (Å²) in [4.78, 5) is 37.9. The van der Waals surface area contributed by atoms with E-state index in [1.54, 1.807) is 24.3 Å². The Balaban J connectivity index is 0.000000196. The fourth-order valence-electron chi connectivity index (χ4n) is 16.9. The van der Waals surface area contributed by atoms with E-state index in [2.05, 4.69) is 45.1 Å². The van der Waals surface area contributed by atoms with Crippen LogP contribution in [0.15, 0.2) is 70.5 Å². The lowest BCUT2D eigenvalue weighted by Gasteiger charge is -2.62. The van der Waals surface area contributed by atoms with Crippen molar-refractivity contribution in [1.82, 2.24) is 0 Å². The van der Waals surface area contributed by atoms with E-state index in [0.717, 1.165) is 93.9 Å². The number of aryl methyl sites for hydroxylation is 1. The molecule has 3 aromatic rings. The van der Waals surface area contributed by atoms with Gasteiger partial charge in [-0.25, -0.2) is 8.42 Å². The van der Waals surface area contributed by atoms with Gasteiger partial charge in [0.15, 0.2) is 5.78 Å². The highest BCUT2D eigenvalue weighted by atomic mass is 32.2. The van der Waals surface area contributed by atoms with Gasteiger partial charge < -0.3 is 30.7 Å². The number of rotatable bonds is 10. The summed E-state index contributed by atoms with van der Waals surface area (Å²) in [6, 6.07) is 16.6. The van der Waals surface area contributed by atoms with E-state index in [0.29, 0.717) is 84.1 Å². The number of carbonyl (C=O) groups is 3. The van der Waals surface area contributed by atoms with E-state index in [1.807, 2.05) is 13.8 Å². The van der Waals surface area contributed by atoms with Gasteiger partial charge in [0.1, 0.15) is 11.9 Å². The summed E-state index contributed by atoms with van der Waals surface area (Å²) < 4.78 is 37.5. The Morgan fingerprint density at radius 1 is 0.819 bits per heavy atom. The summed E-state index contributed by atoms with van der Waals surface area (Å²) in [6.45, 7) is 15.5. The van der Waals surface area contributed by atoms with Gasteiger partial charge in [0.05, 0.1) is 28.6 Å². The first-order chi connectivity index (χ1) is 34.2. The van der Waals surface area contributed by atoms with Crippen molar-refractivity contribution in [3.63, 3.8) is 0 Å². The number of esters is 1. The first kappa shape index (κ1) is 52.6. The van der Waals surface area contributed by atoms with Gasteiger partial charge in [0.25, 0.3) is 0 Å². The first-order valence-electron chi connectivity index (χ1n) is 27.5. The number of aliphatic hydroxyl groups is 2. The number of sulfone groups is 1. The van der Waals surface area contributed by atoms with Crippen LogP contribution in [0.25, 0.3) is 0 Å². The van der Waals surface area contributed by atoms with Crippen LogP contribution in [0.1, 0.15) is 172 Å². The molecule has 392 valence electrons. The predicted octanol–water partition coefficient (Wildman–Crippen LogP) is 11.7. The third-order valence-corrected chi connectivity index (χ3v) is 22.5. The van der Waals surface area contributed by atoms with Crippen LogP contribution < -0.4 is 15.8 Å². The summed E-state index contributed by atoms with van der Waals surface area (Å²) in [5, 5.41) is 25.1. The van der Waals surface area contributed by atoms with Crippen LogP contribution in [-0.4, -0.2) is 61.2 Å². The maximum atomic E-state index is 13.0. The lowest BCUT2D eigenvalue weighted by Crippen LogP contribution is -2.58. The fourth-order valence-corrected chi connectivity index (χ4v) is 18.1. The van der Waals surface area contributed by atoms with Crippen molar-refractivity contribution < 1.29 is 42.5 Å². The fraction of sp³-hybridized carbons (Fsp3) is 0.650. The molecule has 7 aliphatic rings. The summed E-state index contributed by atoms with van der Waals surface area (Å²) in [5.74, 6) is 5.27. The van der Waals surface area contributed by atoms with Gasteiger partial charge in [-0.15, -0.1) is 0 Å². The van der Waals surface area contributed by atoms with E-state index in [9.17, 15) is 33.0 Å². The van der Waals surface area contributed by atoms with Gasteiger partial charge >= 0.3 is 5.97 Å². The van der Waals surface area contributed by atoms with Gasteiger partial charge in [-0.05, 0) is 240 Å². The van der Waals surface area contributed by atoms with Crippen molar-refractivity contribution in [2.45, 2.75) is 185 Å². The van der Waals surface area contributed by atoms with Gasteiger partial charge in [-0.1, -0.05) is 27.7 Å². The number of aliphatic hydroxyl groups excluding tert-OH is 2. The summed E-state index contributed by atoms with van der Waals surface area (Å²) in [5.41, 5.74) is 10.0. The molecule has 15 atom stereocenters. The molecule has 3 aromatic carbocycles. The average molecular weight is 1010 g/mol. The summed E-state index contributed by atoms with van der Waals surface area (Å²) >= 11 is 0. The lowest BCUT2D eigenvalue weighted by molar-refractivity contribution is -0.174. The number of nitrogen functional groups attached to an aromatic ring is 1. The summed E-state index contributed by atoms with van der Waals surface area (Å²) in [7, 11) is -3.67. The second kappa shape index (κ2) is 20.5. The summed E-state index contributed by atoms with van der Waals surface area (Å²) in [6.07, 6.45) is 14.8. The molecule has 72 heavy (non-hydrogen) atoms. The zero-order valence-corrected chi connectivity index (χ0v) is 44.8. The molecule has 0 spiro atoms. The standard InChI is InChI=1S/C36H50N2O5S.C24H32O4/c1-22(4-17-34(41)38-25-8-12-28(13-9-25)44(42,43)27-10-6-24(37)7-11-27)30-15-16-31-29-14-5-23-20-26(39)18-19-35(23,2)32(29)21-33(40)36(30,31)3;1-5-27-22-13-18-16-10-11-24(4)20(7-9-23(24)28-15(3)25)17(16)6-8-21(26)19(18)12-14(22)2/h6-13,22-23,26,29-33,39-40H,4-5,14-21,37H2,1-3H3,(H,38,41);12-13,16-17,20,23H,5-11H2,1-4H3/t22-,23-,26-,29+,30-,31+,32+,33+,35+,36-;16?,17?,20-,23-,24-/m10/s1. The molecule has 6 saturated carbocycles. The molecule has 0 saturated heterocycles. The van der Waals surface area contributed by atoms with Gasteiger partial charge in [0.2, 0.25) is 15.7 Å². The SMILES string of the molecule is CCOc1cc2c(cc1C)C(=O)CCC1C2CC[C@]2(C)[C@@H](OC(C)=O)CC[C@@H]12.C[C@H](CCC(=O)Nc1ccc(S(=O)(=O)c2ccc(N)cc2)cc1)[C@H]1CC[C@H]2[C@@H]3CC[C@@H]4C[C@H](O)CC[C@]4(C)[C@H]3C[C@H](O)[C@]12C. The number of fused-ring (bicyclic) bond motifs is 10. The Morgan fingerprint density at radius 3 is 2.19 bits per heavy atom. The minimum Gasteiger partial charge on any atom is -0.494 e. The Morgan fingerprint density at radius 2 is 1.50 bits per heavy atom. The van der Waals surface area contributed by atoms with Crippen molar-refractivity contribution in [3.8, 4) is 5.75 Å². The molecule has 7 aliphatic carbocycles. The number of carbonyl (C=O) groups excluding carboxylic acids is 3. The number of nitrogens with two attached hydrogens (primary N) is 1. The van der Waals surface area contributed by atoms with Crippen molar-refractivity contribution in [3.05, 3.63) is 77.4 Å². The monoisotopic (exact) mass is 1010 g/mol. The molecule has 10 rings (SSSR count). The maximum absolute atomic E-state index is 13.0. The van der Waals surface area contributed by atoms with Crippen molar-refractivity contribution in [2.24, 2.45) is 63.6 Å². The van der Waals surface area contributed by atoms with Crippen LogP contribution >= 0.6 is 0 Å². The first-order valence-corrected chi connectivity index (χ1v) is 29.0. The molecule has 0 aromatic heterocycles. The van der Waals surface area contributed by atoms with Gasteiger partial charge in [-0.3, -0.25) is 14.4 Å². The molecule has 0 heterocycles. The highest BCUT2D eigenvalue weighted by Crippen LogP contribution is 2.68. The number of amides is 1. The van der Waals surface area contributed by atoms with Crippen molar-refractivity contribution in [2.75, 3.05) is 17.7 Å². The average Bonchev–Trinajstić information content (AvgIpc) is 3.84. The number of benzene rings is 3. The lowest BCUT2D eigenvalue weighted by atomic mass is 9.43. The molecular formula is C60H82N2O9S. The van der Waals surface area contributed by atoms with Crippen LogP contribution in [0.5, 0.6) is 5.75 Å². The van der Waals surface area contributed by atoms with E-state index in [-0.39, 0.29) is 62.0 Å². The molecule has 1 amide bonds. The van der Waals surface area contributed by atoms with Crippen molar-refractivity contribution >= 4 is 38.9 Å². The van der Waals surface area contributed by atoms with Crippen LogP contribution in [0.4, 0.5) is 11.4 Å². The normalized spacial score (nSPS) is 36.1. The number of hydrogen-bond acceptors (Lipinski definition) is 10. The minimum absolute atomic E-state index is 0.0198. The highest BCUT2D eigenvalue weighted by Gasteiger charge is 2.64. The predicted molar refractivity (Wildman–Crippen MR) is 280 cm³/mol. The zero-order valence-electron chi connectivity index (χ0n) is 44.0. The second-order valence-corrected chi connectivity index (χ2v) is 26.2. The maximum Gasteiger partial charge on any atom is 0.302 e.